The van der Waals surface area contributed by atoms with Gasteiger partial charge in [0.2, 0.25) is 0 Å². The Morgan fingerprint density at radius 3 is 2.62 bits per heavy atom. The highest BCUT2D eigenvalue weighted by Gasteiger charge is 2.17. The molecule has 3 nitrogen and oxygen atoms in total. The summed E-state index contributed by atoms with van der Waals surface area (Å²) in [6, 6.07) is 8.27. The zero-order valence-corrected chi connectivity index (χ0v) is 14.2. The van der Waals surface area contributed by atoms with Crippen molar-refractivity contribution >= 4 is 23.2 Å². The van der Waals surface area contributed by atoms with E-state index in [0.29, 0.717) is 6.04 Å². The van der Waals surface area contributed by atoms with Gasteiger partial charge in [-0.25, -0.2) is 0 Å². The third kappa shape index (κ3) is 4.00. The van der Waals surface area contributed by atoms with E-state index in [1.807, 2.05) is 37.0 Å². The number of hydrogen-bond donors (Lipinski definition) is 1. The summed E-state index contributed by atoms with van der Waals surface area (Å²) in [5, 5.41) is 9.40. The van der Waals surface area contributed by atoms with Crippen LogP contribution >= 0.6 is 23.2 Å². The molecule has 0 fully saturated rings. The van der Waals surface area contributed by atoms with Gasteiger partial charge in [-0.05, 0) is 37.6 Å². The molecule has 1 N–H and O–H groups in total. The van der Waals surface area contributed by atoms with Crippen molar-refractivity contribution in [1.29, 1.82) is 0 Å². The monoisotopic (exact) mass is 325 g/mol. The maximum Gasteiger partial charge on any atom is 0.0850 e. The minimum absolute atomic E-state index is 0.293. The number of likely N-dealkylation sites (N-methyl/N-ethyl adjacent to an activating group) is 1. The van der Waals surface area contributed by atoms with Crippen LogP contribution in [0.4, 0.5) is 0 Å². The fourth-order valence-electron chi connectivity index (χ4n) is 2.50. The SMILES string of the molecule is CCc1nn(C)c(CC(Cc2cccc(Cl)c2)NC)c1Cl. The Morgan fingerprint density at radius 1 is 1.29 bits per heavy atom. The van der Waals surface area contributed by atoms with E-state index in [1.165, 1.54) is 5.56 Å². The van der Waals surface area contributed by atoms with Crippen molar-refractivity contribution in [3.63, 3.8) is 0 Å². The van der Waals surface area contributed by atoms with Crippen molar-refractivity contribution < 1.29 is 0 Å². The second-order valence-electron chi connectivity index (χ2n) is 5.21. The second-order valence-corrected chi connectivity index (χ2v) is 6.02. The van der Waals surface area contributed by atoms with Crippen LogP contribution in [0.3, 0.4) is 0 Å². The van der Waals surface area contributed by atoms with Crippen LogP contribution in [0.25, 0.3) is 0 Å². The quantitative estimate of drug-likeness (QED) is 0.878. The van der Waals surface area contributed by atoms with E-state index in [9.17, 15) is 0 Å². The Kier molecular flexibility index (Phi) is 5.68. The Hall–Kier alpha value is -1.03. The predicted octanol–water partition coefficient (Wildman–Crippen LogP) is 3.66. The van der Waals surface area contributed by atoms with Crippen molar-refractivity contribution in [3.05, 3.63) is 51.3 Å². The molecule has 21 heavy (non-hydrogen) atoms. The first-order valence-electron chi connectivity index (χ1n) is 7.17. The standard InChI is InChI=1S/C16H21Cl2N3/c1-4-14-16(18)15(21(3)20-14)10-13(19-2)9-11-6-5-7-12(17)8-11/h5-8,13,19H,4,9-10H2,1-3H3. The first-order chi connectivity index (χ1) is 10.0. The molecule has 1 aromatic carbocycles. The van der Waals surface area contributed by atoms with Crippen LogP contribution in [-0.2, 0) is 26.3 Å². The Bertz CT molecular complexity index is 608. The molecule has 0 aliphatic heterocycles. The molecule has 0 saturated carbocycles. The van der Waals surface area contributed by atoms with Gasteiger partial charge < -0.3 is 5.32 Å². The molecule has 1 heterocycles. The molecule has 0 spiro atoms. The van der Waals surface area contributed by atoms with Gasteiger partial charge in [0.1, 0.15) is 0 Å². The molecule has 0 aliphatic rings. The summed E-state index contributed by atoms with van der Waals surface area (Å²) in [5.41, 5.74) is 3.26. The minimum Gasteiger partial charge on any atom is -0.316 e. The molecule has 2 aromatic rings. The molecule has 1 atom stereocenters. The van der Waals surface area contributed by atoms with Crippen LogP contribution < -0.4 is 5.32 Å². The summed E-state index contributed by atoms with van der Waals surface area (Å²) in [7, 11) is 3.92. The van der Waals surface area contributed by atoms with Crippen LogP contribution in [0.15, 0.2) is 24.3 Å². The van der Waals surface area contributed by atoms with Gasteiger partial charge in [-0.1, -0.05) is 42.3 Å². The van der Waals surface area contributed by atoms with Crippen molar-refractivity contribution in [2.75, 3.05) is 7.05 Å². The molecule has 2 rings (SSSR count). The number of hydrogen-bond acceptors (Lipinski definition) is 2. The van der Waals surface area contributed by atoms with E-state index in [-0.39, 0.29) is 0 Å². The second kappa shape index (κ2) is 7.30. The van der Waals surface area contributed by atoms with E-state index in [0.717, 1.165) is 40.7 Å². The van der Waals surface area contributed by atoms with E-state index in [4.69, 9.17) is 23.2 Å². The molecule has 5 heteroatoms. The fraction of sp³-hybridized carbons (Fsp3) is 0.438. The van der Waals surface area contributed by atoms with Crippen LogP contribution in [0, 0.1) is 0 Å². The lowest BCUT2D eigenvalue weighted by molar-refractivity contribution is 0.533. The van der Waals surface area contributed by atoms with Gasteiger partial charge in [0.25, 0.3) is 0 Å². The van der Waals surface area contributed by atoms with Crippen LogP contribution in [0.5, 0.6) is 0 Å². The number of benzene rings is 1. The highest BCUT2D eigenvalue weighted by molar-refractivity contribution is 6.32. The first-order valence-corrected chi connectivity index (χ1v) is 7.92. The lowest BCUT2D eigenvalue weighted by Crippen LogP contribution is -2.30. The van der Waals surface area contributed by atoms with E-state index in [1.54, 1.807) is 0 Å². The van der Waals surface area contributed by atoms with Gasteiger partial charge in [0.15, 0.2) is 0 Å². The molecular weight excluding hydrogens is 305 g/mol. The van der Waals surface area contributed by atoms with Crippen LogP contribution in [0.1, 0.15) is 23.9 Å². The number of nitrogens with zero attached hydrogens (tertiary/aromatic N) is 2. The fourth-order valence-corrected chi connectivity index (χ4v) is 3.08. The maximum atomic E-state index is 6.43. The van der Waals surface area contributed by atoms with Crippen molar-refractivity contribution in [2.45, 2.75) is 32.2 Å². The predicted molar refractivity (Wildman–Crippen MR) is 89.3 cm³/mol. The first kappa shape index (κ1) is 16.3. The maximum absolute atomic E-state index is 6.43. The van der Waals surface area contributed by atoms with Gasteiger partial charge >= 0.3 is 0 Å². The van der Waals surface area contributed by atoms with Gasteiger partial charge in [-0.3, -0.25) is 4.68 Å². The Morgan fingerprint density at radius 2 is 2.05 bits per heavy atom. The lowest BCUT2D eigenvalue weighted by Gasteiger charge is -2.17. The van der Waals surface area contributed by atoms with E-state index in [2.05, 4.69) is 23.4 Å². The lowest BCUT2D eigenvalue weighted by atomic mass is 10.0. The van der Waals surface area contributed by atoms with Crippen molar-refractivity contribution in [2.24, 2.45) is 7.05 Å². The number of aromatic nitrogens is 2. The normalized spacial score (nSPS) is 12.6. The zero-order valence-electron chi connectivity index (χ0n) is 12.7. The van der Waals surface area contributed by atoms with E-state index >= 15 is 0 Å². The van der Waals surface area contributed by atoms with Gasteiger partial charge in [-0.15, -0.1) is 0 Å². The summed E-state index contributed by atoms with van der Waals surface area (Å²) < 4.78 is 1.89. The highest BCUT2D eigenvalue weighted by Crippen LogP contribution is 2.23. The topological polar surface area (TPSA) is 29.9 Å². The average molecular weight is 326 g/mol. The van der Waals surface area contributed by atoms with Crippen LogP contribution in [0.2, 0.25) is 10.0 Å². The summed E-state index contributed by atoms with van der Waals surface area (Å²) in [4.78, 5) is 0. The summed E-state index contributed by atoms with van der Waals surface area (Å²) >= 11 is 12.5. The van der Waals surface area contributed by atoms with Crippen molar-refractivity contribution in [3.8, 4) is 0 Å². The summed E-state index contributed by atoms with van der Waals surface area (Å²) in [6.45, 7) is 2.07. The number of nitrogens with one attached hydrogen (secondary N) is 1. The molecule has 0 aliphatic carbocycles. The smallest absolute Gasteiger partial charge is 0.0850 e. The third-order valence-corrected chi connectivity index (χ3v) is 4.39. The third-order valence-electron chi connectivity index (χ3n) is 3.72. The van der Waals surface area contributed by atoms with Crippen LogP contribution in [-0.4, -0.2) is 22.9 Å². The number of rotatable bonds is 6. The van der Waals surface area contributed by atoms with Gasteiger partial charge in [0.05, 0.1) is 16.4 Å². The minimum atomic E-state index is 0.293. The summed E-state index contributed by atoms with van der Waals surface area (Å²) in [5.74, 6) is 0. The Labute approximate surface area is 136 Å². The van der Waals surface area contributed by atoms with Crippen molar-refractivity contribution in [1.82, 2.24) is 15.1 Å². The van der Waals surface area contributed by atoms with Gasteiger partial charge in [0, 0.05) is 24.5 Å². The number of halogens is 2. The average Bonchev–Trinajstić information content (AvgIpc) is 2.73. The molecular formula is C16H21Cl2N3. The highest BCUT2D eigenvalue weighted by atomic mass is 35.5. The Balaban J connectivity index is 2.14. The molecule has 0 radical (unpaired) electrons. The number of aryl methyl sites for hydroxylation is 2. The zero-order chi connectivity index (χ0) is 15.4. The summed E-state index contributed by atoms with van der Waals surface area (Å²) in [6.07, 6.45) is 2.59. The molecule has 0 bridgehead atoms. The molecule has 114 valence electrons. The molecule has 1 unspecified atom stereocenters. The largest absolute Gasteiger partial charge is 0.316 e. The van der Waals surface area contributed by atoms with Gasteiger partial charge in [-0.2, -0.15) is 5.10 Å². The molecule has 1 aromatic heterocycles. The van der Waals surface area contributed by atoms with E-state index < -0.39 is 0 Å². The molecule has 0 saturated heterocycles. The molecule has 0 amide bonds.